The summed E-state index contributed by atoms with van der Waals surface area (Å²) in [6, 6.07) is 13.5. The van der Waals surface area contributed by atoms with Crippen LogP contribution in [0.3, 0.4) is 0 Å². The van der Waals surface area contributed by atoms with E-state index in [4.69, 9.17) is 4.98 Å². The lowest BCUT2D eigenvalue weighted by Gasteiger charge is -2.16. The number of carbonyl (C=O) groups is 1. The predicted molar refractivity (Wildman–Crippen MR) is 127 cm³/mol. The van der Waals surface area contributed by atoms with Gasteiger partial charge in [0, 0.05) is 17.9 Å². The Kier molecular flexibility index (Phi) is 5.09. The van der Waals surface area contributed by atoms with Gasteiger partial charge in [0.15, 0.2) is 10.8 Å². The molecule has 2 aromatic heterocycles. The van der Waals surface area contributed by atoms with E-state index in [1.807, 2.05) is 51.1 Å². The van der Waals surface area contributed by atoms with E-state index in [1.54, 1.807) is 15.4 Å². The van der Waals surface area contributed by atoms with Crippen LogP contribution >= 0.6 is 11.8 Å². The lowest BCUT2D eigenvalue weighted by atomic mass is 10.0. The van der Waals surface area contributed by atoms with Gasteiger partial charge in [-0.05, 0) is 44.0 Å². The molecule has 0 saturated carbocycles. The van der Waals surface area contributed by atoms with Gasteiger partial charge in [-0.25, -0.2) is 9.67 Å². The Morgan fingerprint density at radius 1 is 1.16 bits per heavy atom. The van der Waals surface area contributed by atoms with Crippen LogP contribution in [0.2, 0.25) is 0 Å². The van der Waals surface area contributed by atoms with Gasteiger partial charge in [-0.1, -0.05) is 47.7 Å². The summed E-state index contributed by atoms with van der Waals surface area (Å²) in [6.45, 7) is 6.02. The molecule has 162 valence electrons. The number of amides is 1. The summed E-state index contributed by atoms with van der Waals surface area (Å²) in [5.41, 5.74) is 5.31. The smallest absolute Gasteiger partial charge is 0.265 e. The van der Waals surface area contributed by atoms with Gasteiger partial charge in [0.2, 0.25) is 5.91 Å². The summed E-state index contributed by atoms with van der Waals surface area (Å²) in [5, 5.41) is 8.51. The topological polar surface area (TPSA) is 81.8 Å². The fourth-order valence-electron chi connectivity index (χ4n) is 4.32. The molecule has 0 spiro atoms. The van der Waals surface area contributed by atoms with E-state index >= 15 is 0 Å². The molecule has 5 rings (SSSR count). The summed E-state index contributed by atoms with van der Waals surface area (Å²) < 4.78 is 3.33. The van der Waals surface area contributed by atoms with Crippen molar-refractivity contribution in [2.75, 3.05) is 11.1 Å². The number of hydrogen-bond acceptors (Lipinski definition) is 5. The van der Waals surface area contributed by atoms with Crippen molar-refractivity contribution in [2.45, 2.75) is 38.4 Å². The molecule has 0 saturated heterocycles. The Labute approximate surface area is 189 Å². The van der Waals surface area contributed by atoms with Gasteiger partial charge in [-0.15, -0.1) is 0 Å². The second kappa shape index (κ2) is 7.94. The number of rotatable bonds is 4. The molecule has 0 bridgehead atoms. The fourth-order valence-corrected chi connectivity index (χ4v) is 5.45. The number of thioether (sulfide) groups is 1. The third kappa shape index (κ3) is 3.50. The van der Waals surface area contributed by atoms with Crippen LogP contribution in [0.25, 0.3) is 16.7 Å². The second-order valence-electron chi connectivity index (χ2n) is 8.19. The number of hydrogen-bond donors (Lipinski definition) is 1. The minimum atomic E-state index is -0.245. The zero-order chi connectivity index (χ0) is 22.4. The number of fused-ring (bicyclic) bond motifs is 2. The maximum absolute atomic E-state index is 13.3. The third-order valence-electron chi connectivity index (χ3n) is 5.73. The number of anilines is 1. The normalized spacial score (nSPS) is 15.2. The number of aromatic nitrogens is 4. The molecule has 2 aromatic carbocycles. The highest BCUT2D eigenvalue weighted by atomic mass is 32.2. The molecule has 1 aliphatic heterocycles. The Hall–Kier alpha value is -3.39. The van der Waals surface area contributed by atoms with E-state index in [-0.39, 0.29) is 23.9 Å². The Bertz CT molecular complexity index is 1380. The monoisotopic (exact) mass is 445 g/mol. The maximum Gasteiger partial charge on any atom is 0.265 e. The molecule has 1 aliphatic rings. The first-order valence-electron chi connectivity index (χ1n) is 10.5. The van der Waals surface area contributed by atoms with Crippen molar-refractivity contribution in [3.05, 3.63) is 75.7 Å². The highest BCUT2D eigenvalue weighted by molar-refractivity contribution is 7.99. The van der Waals surface area contributed by atoms with Gasteiger partial charge in [0.1, 0.15) is 5.39 Å². The molecule has 32 heavy (non-hydrogen) atoms. The van der Waals surface area contributed by atoms with Crippen LogP contribution in [0.5, 0.6) is 0 Å². The van der Waals surface area contributed by atoms with Crippen molar-refractivity contribution in [3.63, 3.8) is 0 Å². The Morgan fingerprint density at radius 2 is 1.88 bits per heavy atom. The van der Waals surface area contributed by atoms with Crippen LogP contribution in [0.15, 0.2) is 58.6 Å². The quantitative estimate of drug-likeness (QED) is 0.477. The summed E-state index contributed by atoms with van der Waals surface area (Å²) >= 11 is 1.50. The molecule has 0 fully saturated rings. The van der Waals surface area contributed by atoms with E-state index in [0.29, 0.717) is 21.9 Å². The second-order valence-corrected chi connectivity index (χ2v) is 9.18. The SMILES string of the molecule is Cc1cc(C)c(NC(=O)CC2CSc3nc4c(cnn4-c4ccccc4)c(=O)n32)c(C)c1. The number of para-hydroxylation sites is 1. The Balaban J connectivity index is 1.44. The minimum absolute atomic E-state index is 0.106. The number of benzene rings is 2. The summed E-state index contributed by atoms with van der Waals surface area (Å²) in [5.74, 6) is 0.526. The van der Waals surface area contributed by atoms with Gasteiger partial charge in [0.25, 0.3) is 5.56 Å². The Morgan fingerprint density at radius 3 is 2.59 bits per heavy atom. The summed E-state index contributed by atoms with van der Waals surface area (Å²) in [6.07, 6.45) is 1.77. The van der Waals surface area contributed by atoms with Gasteiger partial charge in [-0.2, -0.15) is 5.10 Å². The summed E-state index contributed by atoms with van der Waals surface area (Å²) in [7, 11) is 0. The molecule has 1 unspecified atom stereocenters. The predicted octanol–water partition coefficient (Wildman–Crippen LogP) is 4.18. The van der Waals surface area contributed by atoms with Crippen LogP contribution in [-0.4, -0.2) is 31.0 Å². The van der Waals surface area contributed by atoms with E-state index in [9.17, 15) is 9.59 Å². The molecule has 7 nitrogen and oxygen atoms in total. The molecular weight excluding hydrogens is 422 g/mol. The van der Waals surface area contributed by atoms with E-state index in [0.717, 1.165) is 28.1 Å². The van der Waals surface area contributed by atoms with Crippen molar-refractivity contribution in [2.24, 2.45) is 0 Å². The maximum atomic E-state index is 13.3. The van der Waals surface area contributed by atoms with Gasteiger partial charge in [-0.3, -0.25) is 14.2 Å². The molecule has 1 N–H and O–H groups in total. The van der Waals surface area contributed by atoms with Crippen molar-refractivity contribution in [3.8, 4) is 5.69 Å². The number of carbonyl (C=O) groups excluding carboxylic acids is 1. The number of nitrogens with zero attached hydrogens (tertiary/aromatic N) is 4. The average molecular weight is 446 g/mol. The fraction of sp³-hybridized carbons (Fsp3) is 0.250. The van der Waals surface area contributed by atoms with E-state index in [2.05, 4.69) is 22.5 Å². The summed E-state index contributed by atoms with van der Waals surface area (Å²) in [4.78, 5) is 30.9. The first-order valence-corrected chi connectivity index (χ1v) is 11.5. The molecule has 0 aliphatic carbocycles. The largest absolute Gasteiger partial charge is 0.326 e. The van der Waals surface area contributed by atoms with Gasteiger partial charge < -0.3 is 5.32 Å². The third-order valence-corrected chi connectivity index (χ3v) is 6.83. The first kappa shape index (κ1) is 20.5. The van der Waals surface area contributed by atoms with Crippen LogP contribution in [0.1, 0.15) is 29.2 Å². The van der Waals surface area contributed by atoms with Crippen LogP contribution in [0.4, 0.5) is 5.69 Å². The van der Waals surface area contributed by atoms with Crippen molar-refractivity contribution in [1.29, 1.82) is 0 Å². The molecular formula is C24H23N5O2S. The lowest BCUT2D eigenvalue weighted by molar-refractivity contribution is -0.116. The molecule has 0 radical (unpaired) electrons. The zero-order valence-electron chi connectivity index (χ0n) is 18.1. The molecule has 4 aromatic rings. The van der Waals surface area contributed by atoms with Gasteiger partial charge >= 0.3 is 0 Å². The van der Waals surface area contributed by atoms with Crippen LogP contribution in [0, 0.1) is 20.8 Å². The van der Waals surface area contributed by atoms with Gasteiger partial charge in [0.05, 0.1) is 17.9 Å². The zero-order valence-corrected chi connectivity index (χ0v) is 18.9. The lowest BCUT2D eigenvalue weighted by Crippen LogP contribution is -2.28. The molecule has 1 amide bonds. The number of aryl methyl sites for hydroxylation is 3. The van der Waals surface area contributed by atoms with Crippen LogP contribution < -0.4 is 10.9 Å². The van der Waals surface area contributed by atoms with Crippen LogP contribution in [-0.2, 0) is 4.79 Å². The van der Waals surface area contributed by atoms with E-state index in [1.165, 1.54) is 11.8 Å². The standard InChI is InChI=1S/C24H23N5O2S/c1-14-9-15(2)21(16(3)10-14)26-20(30)11-18-13-32-24-27-22-19(23(31)28(18)24)12-25-29(22)17-7-5-4-6-8-17/h4-10,12,18H,11,13H2,1-3H3,(H,26,30). The highest BCUT2D eigenvalue weighted by Gasteiger charge is 2.29. The minimum Gasteiger partial charge on any atom is -0.326 e. The average Bonchev–Trinajstić information content (AvgIpc) is 3.36. The highest BCUT2D eigenvalue weighted by Crippen LogP contribution is 2.34. The van der Waals surface area contributed by atoms with Crippen molar-refractivity contribution >= 4 is 34.4 Å². The van der Waals surface area contributed by atoms with Crippen molar-refractivity contribution < 1.29 is 4.79 Å². The van der Waals surface area contributed by atoms with Crippen molar-refractivity contribution in [1.82, 2.24) is 19.3 Å². The molecule has 1 atom stereocenters. The molecule has 8 heteroatoms. The number of nitrogens with one attached hydrogen (secondary N) is 1. The first-order chi connectivity index (χ1) is 15.4. The molecule has 3 heterocycles. The van der Waals surface area contributed by atoms with E-state index < -0.39 is 0 Å².